The average Bonchev–Trinajstić information content (AvgIpc) is 2.60. The smallest absolute Gasteiger partial charge is 0.338 e. The van der Waals surface area contributed by atoms with E-state index in [0.29, 0.717) is 5.75 Å². The van der Waals surface area contributed by atoms with Crippen LogP contribution in [0.3, 0.4) is 0 Å². The maximum Gasteiger partial charge on any atom is 0.338 e. The molecular formula is C18H25NO5. The Morgan fingerprint density at radius 3 is 2.08 bits per heavy atom. The predicted octanol–water partition coefficient (Wildman–Crippen LogP) is 2.51. The fourth-order valence-electron chi connectivity index (χ4n) is 2.96. The van der Waals surface area contributed by atoms with Crippen LogP contribution in [0.15, 0.2) is 12.1 Å². The van der Waals surface area contributed by atoms with Crippen molar-refractivity contribution in [3.63, 3.8) is 0 Å². The Labute approximate surface area is 142 Å². The van der Waals surface area contributed by atoms with Gasteiger partial charge in [0.05, 0.1) is 31.5 Å². The van der Waals surface area contributed by atoms with E-state index in [1.54, 1.807) is 12.1 Å². The second-order valence-corrected chi connectivity index (χ2v) is 6.11. The molecular weight excluding hydrogens is 310 g/mol. The Kier molecular flexibility index (Phi) is 6.20. The average molecular weight is 335 g/mol. The van der Waals surface area contributed by atoms with Gasteiger partial charge < -0.3 is 19.5 Å². The quantitative estimate of drug-likeness (QED) is 0.834. The first kappa shape index (κ1) is 18.3. The highest BCUT2D eigenvalue weighted by Gasteiger charge is 2.26. The van der Waals surface area contributed by atoms with Gasteiger partial charge in [0.1, 0.15) is 5.75 Å². The van der Waals surface area contributed by atoms with Gasteiger partial charge in [0, 0.05) is 0 Å². The monoisotopic (exact) mass is 335 g/mol. The normalized spacial score (nSPS) is 15.2. The molecule has 0 aliphatic carbocycles. The first-order chi connectivity index (χ1) is 11.5. The fourth-order valence-corrected chi connectivity index (χ4v) is 2.96. The van der Waals surface area contributed by atoms with Gasteiger partial charge in [-0.25, -0.2) is 9.59 Å². The molecule has 2 rings (SSSR count). The van der Waals surface area contributed by atoms with Crippen molar-refractivity contribution in [2.75, 3.05) is 27.3 Å². The molecule has 0 atom stereocenters. The third-order valence-corrected chi connectivity index (χ3v) is 4.10. The van der Waals surface area contributed by atoms with Crippen molar-refractivity contribution < 1.29 is 23.8 Å². The van der Waals surface area contributed by atoms with Crippen LogP contribution in [0, 0.1) is 0 Å². The summed E-state index contributed by atoms with van der Waals surface area (Å²) in [5, 5.41) is 3.33. The van der Waals surface area contributed by atoms with E-state index in [-0.39, 0.29) is 23.1 Å². The number of esters is 2. The van der Waals surface area contributed by atoms with Crippen molar-refractivity contribution in [3.8, 4) is 5.75 Å². The molecule has 6 nitrogen and oxygen atoms in total. The van der Waals surface area contributed by atoms with Crippen LogP contribution < -0.4 is 10.1 Å². The zero-order valence-corrected chi connectivity index (χ0v) is 14.7. The number of carbonyl (C=O) groups is 2. The van der Waals surface area contributed by atoms with E-state index in [1.807, 2.05) is 13.8 Å². The van der Waals surface area contributed by atoms with Crippen molar-refractivity contribution in [3.05, 3.63) is 28.8 Å². The van der Waals surface area contributed by atoms with Gasteiger partial charge in [-0.1, -0.05) is 0 Å². The summed E-state index contributed by atoms with van der Waals surface area (Å²) in [7, 11) is 2.58. The van der Waals surface area contributed by atoms with Crippen LogP contribution in [0.25, 0.3) is 0 Å². The van der Waals surface area contributed by atoms with Crippen LogP contribution in [0.1, 0.15) is 58.9 Å². The lowest BCUT2D eigenvalue weighted by atomic mass is 9.87. The summed E-state index contributed by atoms with van der Waals surface area (Å²) >= 11 is 0. The fraction of sp³-hybridized carbons (Fsp3) is 0.556. The Balaban J connectivity index is 2.57. The molecule has 1 heterocycles. The minimum Gasteiger partial charge on any atom is -0.491 e. The third kappa shape index (κ3) is 4.06. The highest BCUT2D eigenvalue weighted by Crippen LogP contribution is 2.36. The number of nitrogens with one attached hydrogen (secondary N) is 1. The molecule has 0 saturated carbocycles. The Morgan fingerprint density at radius 2 is 1.58 bits per heavy atom. The molecule has 24 heavy (non-hydrogen) atoms. The molecule has 0 unspecified atom stereocenters. The largest absolute Gasteiger partial charge is 0.491 e. The molecule has 0 bridgehead atoms. The van der Waals surface area contributed by atoms with Gasteiger partial charge in [0.2, 0.25) is 0 Å². The summed E-state index contributed by atoms with van der Waals surface area (Å²) in [4.78, 5) is 24.2. The second-order valence-electron chi connectivity index (χ2n) is 6.11. The topological polar surface area (TPSA) is 73.9 Å². The van der Waals surface area contributed by atoms with Gasteiger partial charge in [-0.2, -0.15) is 0 Å². The zero-order valence-electron chi connectivity index (χ0n) is 14.7. The number of hydrogen-bond donors (Lipinski definition) is 1. The van der Waals surface area contributed by atoms with Gasteiger partial charge in [0.15, 0.2) is 0 Å². The molecule has 0 amide bonds. The van der Waals surface area contributed by atoms with Crippen molar-refractivity contribution in [1.82, 2.24) is 5.32 Å². The highest BCUT2D eigenvalue weighted by atomic mass is 16.5. The molecule has 0 radical (unpaired) electrons. The molecule has 1 N–H and O–H groups in total. The number of piperidine rings is 1. The number of carbonyl (C=O) groups excluding carboxylic acids is 2. The number of rotatable bonds is 5. The van der Waals surface area contributed by atoms with Crippen LogP contribution in [-0.4, -0.2) is 45.4 Å². The van der Waals surface area contributed by atoms with Crippen LogP contribution in [-0.2, 0) is 9.47 Å². The van der Waals surface area contributed by atoms with E-state index in [9.17, 15) is 9.59 Å². The van der Waals surface area contributed by atoms with E-state index in [0.717, 1.165) is 31.5 Å². The minimum atomic E-state index is -0.583. The summed E-state index contributed by atoms with van der Waals surface area (Å²) in [6.07, 6.45) is 1.86. The van der Waals surface area contributed by atoms with Crippen LogP contribution in [0.4, 0.5) is 0 Å². The minimum absolute atomic E-state index is 0.0417. The Morgan fingerprint density at radius 1 is 1.04 bits per heavy atom. The first-order valence-corrected chi connectivity index (χ1v) is 8.19. The van der Waals surface area contributed by atoms with E-state index in [2.05, 4.69) is 5.32 Å². The molecule has 132 valence electrons. The summed E-state index contributed by atoms with van der Waals surface area (Å²) in [6, 6.07) is 3.33. The summed E-state index contributed by atoms with van der Waals surface area (Å²) in [5.41, 5.74) is 1.32. The molecule has 0 spiro atoms. The van der Waals surface area contributed by atoms with Crippen LogP contribution in [0.2, 0.25) is 0 Å². The van der Waals surface area contributed by atoms with Gasteiger partial charge in [-0.15, -0.1) is 0 Å². The van der Waals surface area contributed by atoms with Crippen LogP contribution in [0.5, 0.6) is 5.75 Å². The second kappa shape index (κ2) is 8.15. The Bertz CT molecular complexity index is 606. The zero-order chi connectivity index (χ0) is 17.7. The highest BCUT2D eigenvalue weighted by molar-refractivity contribution is 6.03. The molecule has 1 aliphatic rings. The van der Waals surface area contributed by atoms with Crippen molar-refractivity contribution in [2.24, 2.45) is 0 Å². The molecule has 6 heteroatoms. The lowest BCUT2D eigenvalue weighted by Crippen LogP contribution is -2.27. The maximum absolute atomic E-state index is 12.1. The van der Waals surface area contributed by atoms with Gasteiger partial charge in [-0.05, 0) is 63.4 Å². The number of methoxy groups -OCH3 is 2. The van der Waals surface area contributed by atoms with E-state index >= 15 is 0 Å². The SMILES string of the molecule is COC(=O)c1cc(OC(C)C)c(C2CCNCC2)cc1C(=O)OC. The molecule has 0 aromatic heterocycles. The molecule has 1 fully saturated rings. The third-order valence-electron chi connectivity index (χ3n) is 4.10. The van der Waals surface area contributed by atoms with Crippen LogP contribution >= 0.6 is 0 Å². The Hall–Kier alpha value is -2.08. The number of benzene rings is 1. The molecule has 1 saturated heterocycles. The van der Waals surface area contributed by atoms with Gasteiger partial charge in [-0.3, -0.25) is 0 Å². The predicted molar refractivity (Wildman–Crippen MR) is 89.7 cm³/mol. The van der Waals surface area contributed by atoms with E-state index in [1.165, 1.54) is 14.2 Å². The summed E-state index contributed by atoms with van der Waals surface area (Å²) < 4.78 is 15.6. The van der Waals surface area contributed by atoms with Gasteiger partial charge >= 0.3 is 11.9 Å². The number of ether oxygens (including phenoxy) is 3. The first-order valence-electron chi connectivity index (χ1n) is 8.19. The lowest BCUT2D eigenvalue weighted by molar-refractivity contribution is 0.0554. The van der Waals surface area contributed by atoms with Crippen molar-refractivity contribution in [1.29, 1.82) is 0 Å². The molecule has 1 aliphatic heterocycles. The molecule has 1 aromatic carbocycles. The molecule has 1 aromatic rings. The summed E-state index contributed by atoms with van der Waals surface area (Å²) in [5.74, 6) is -0.234. The maximum atomic E-state index is 12.1. The number of hydrogen-bond acceptors (Lipinski definition) is 6. The van der Waals surface area contributed by atoms with Crippen molar-refractivity contribution in [2.45, 2.75) is 38.7 Å². The summed E-state index contributed by atoms with van der Waals surface area (Å²) in [6.45, 7) is 5.69. The standard InChI is InChI=1S/C18H25NO5/c1-11(2)24-16-10-15(18(21)23-4)14(17(20)22-3)9-13(16)12-5-7-19-8-6-12/h9-12,19H,5-8H2,1-4H3. The lowest BCUT2D eigenvalue weighted by Gasteiger charge is -2.26. The van der Waals surface area contributed by atoms with E-state index < -0.39 is 11.9 Å². The van der Waals surface area contributed by atoms with E-state index in [4.69, 9.17) is 14.2 Å². The van der Waals surface area contributed by atoms with Crippen molar-refractivity contribution >= 4 is 11.9 Å². The van der Waals surface area contributed by atoms with Gasteiger partial charge in [0.25, 0.3) is 0 Å².